The lowest BCUT2D eigenvalue weighted by molar-refractivity contribution is -0.112. The van der Waals surface area contributed by atoms with Crippen LogP contribution < -0.4 is 0 Å². The number of nitrogens with zero attached hydrogens (tertiary/aromatic N) is 13. The zero-order chi connectivity index (χ0) is 56.2. The maximum atomic E-state index is 11.2. The van der Waals surface area contributed by atoms with Gasteiger partial charge in [-0.3, -0.25) is 14.8 Å². The van der Waals surface area contributed by atoms with Gasteiger partial charge in [-0.25, -0.2) is 15.0 Å². The zero-order valence-corrected chi connectivity index (χ0v) is 50.0. The van der Waals surface area contributed by atoms with Crippen molar-refractivity contribution in [3.8, 4) is 0 Å². The van der Waals surface area contributed by atoms with Crippen LogP contribution in [0.15, 0.2) is 39.1 Å². The quantitative estimate of drug-likeness (QED) is 0.139. The number of aromatic nitrogens is 13. The van der Waals surface area contributed by atoms with Gasteiger partial charge in [0.15, 0.2) is 5.78 Å². The minimum Gasteiger partial charge on any atom is -0.466 e. The maximum Gasteiger partial charge on any atom is 0.184 e. The highest BCUT2D eigenvalue weighted by Crippen LogP contribution is 2.28. The monoisotopic (exact) mass is 1010 g/mol. The molecule has 7 aromatic heterocycles. The molecule has 0 unspecified atom stereocenters. The number of Topliss-reactive ketones (excluding diaryl/α,β-unsaturated/α-hetero) is 1. The third-order valence-electron chi connectivity index (χ3n) is 12.7. The van der Waals surface area contributed by atoms with Crippen LogP contribution in [0.25, 0.3) is 0 Å². The summed E-state index contributed by atoms with van der Waals surface area (Å²) < 4.78 is 5.34. The molecule has 0 atom stereocenters. The van der Waals surface area contributed by atoms with Crippen LogP contribution in [0.5, 0.6) is 0 Å². The van der Waals surface area contributed by atoms with E-state index in [2.05, 4.69) is 114 Å². The fraction of sp³-hybridized carbons (Fsp3) is 0.474. The SMILES string of the molecule is CC1=C(C)C(C)=C(C)C1=O.Cc1cnc(C)c(C)n1.Cc1cnnc(C)c1C.Cc1nnc(C)c(C)n1.Cc1nnc(C)c(C)n1.Cc1nnc(C)c(C)n1.Cc1oc(C)c(C)c1C.Cc1sc(C)c(C)c1C. The minimum absolute atomic E-state index is 0.218. The summed E-state index contributed by atoms with van der Waals surface area (Å²) in [6.07, 6.45) is 3.56. The van der Waals surface area contributed by atoms with E-state index in [1.807, 2.05) is 150 Å². The molecule has 0 radical (unpaired) electrons. The number of rotatable bonds is 0. The summed E-state index contributed by atoms with van der Waals surface area (Å²) in [6, 6.07) is 0. The molecule has 0 saturated heterocycles. The highest BCUT2D eigenvalue weighted by Gasteiger charge is 2.20. The summed E-state index contributed by atoms with van der Waals surface area (Å²) >= 11 is 1.90. The predicted molar refractivity (Wildman–Crippen MR) is 297 cm³/mol. The van der Waals surface area contributed by atoms with Crippen molar-refractivity contribution >= 4 is 17.1 Å². The van der Waals surface area contributed by atoms with Gasteiger partial charge in [-0.15, -0.1) is 26.6 Å². The fourth-order valence-corrected chi connectivity index (χ4v) is 7.09. The summed E-state index contributed by atoms with van der Waals surface area (Å²) in [6.45, 7) is 53.6. The van der Waals surface area contributed by atoms with Crippen molar-refractivity contribution < 1.29 is 9.21 Å². The van der Waals surface area contributed by atoms with Crippen LogP contribution in [-0.4, -0.2) is 71.5 Å². The molecule has 1 aliphatic carbocycles. The first-order valence-corrected chi connectivity index (χ1v) is 25.1. The van der Waals surface area contributed by atoms with E-state index in [1.165, 1.54) is 43.1 Å². The first kappa shape index (κ1) is 64.3. The predicted octanol–water partition coefficient (Wildman–Crippen LogP) is 12.9. The number of thiophene rings is 1. The van der Waals surface area contributed by atoms with Gasteiger partial charge in [0, 0.05) is 16.0 Å². The normalized spacial score (nSPS) is 11.1. The van der Waals surface area contributed by atoms with Gasteiger partial charge in [-0.1, -0.05) is 0 Å². The molecule has 0 fully saturated rings. The Labute approximate surface area is 440 Å². The average molecular weight is 1010 g/mol. The van der Waals surface area contributed by atoms with Gasteiger partial charge in [0.25, 0.3) is 0 Å². The summed E-state index contributed by atoms with van der Waals surface area (Å²) in [5.74, 6) is 4.51. The Kier molecular flexibility index (Phi) is 26.8. The van der Waals surface area contributed by atoms with E-state index in [0.717, 1.165) is 108 Å². The van der Waals surface area contributed by atoms with Crippen LogP contribution in [0.2, 0.25) is 0 Å². The topological polar surface area (TPSA) is 198 Å². The number of hydrogen-bond acceptors (Lipinski definition) is 16. The number of ketones is 1. The molecule has 0 aromatic carbocycles. The van der Waals surface area contributed by atoms with E-state index in [0.29, 0.717) is 0 Å². The Hall–Kier alpha value is -6.68. The molecular formula is C57H83N13O2S. The van der Waals surface area contributed by atoms with Crippen molar-refractivity contribution in [1.82, 2.24) is 65.7 Å². The van der Waals surface area contributed by atoms with Crippen molar-refractivity contribution in [3.05, 3.63) is 164 Å². The molecule has 0 spiro atoms. The Balaban J connectivity index is 0.000000417. The molecule has 7 aromatic rings. The molecule has 0 aliphatic heterocycles. The Bertz CT molecular complexity index is 2680. The second-order valence-corrected chi connectivity index (χ2v) is 19.7. The molecule has 0 saturated carbocycles. The van der Waals surface area contributed by atoms with Gasteiger partial charge >= 0.3 is 0 Å². The van der Waals surface area contributed by atoms with Gasteiger partial charge in [-0.05, 0) is 243 Å². The van der Waals surface area contributed by atoms with E-state index in [-0.39, 0.29) is 5.78 Å². The van der Waals surface area contributed by atoms with Gasteiger partial charge in [0.05, 0.1) is 63.1 Å². The fourth-order valence-electron chi connectivity index (χ4n) is 6.02. The summed E-state index contributed by atoms with van der Waals surface area (Å²) in [5.41, 5.74) is 21.7. The van der Waals surface area contributed by atoms with Gasteiger partial charge in [0.2, 0.25) is 0 Å². The molecule has 394 valence electrons. The van der Waals surface area contributed by atoms with Gasteiger partial charge < -0.3 is 4.42 Å². The molecule has 0 amide bonds. The van der Waals surface area contributed by atoms with Crippen LogP contribution in [-0.2, 0) is 4.79 Å². The molecular weight excluding hydrogens is 931 g/mol. The van der Waals surface area contributed by atoms with Gasteiger partial charge in [-0.2, -0.15) is 25.5 Å². The molecule has 8 rings (SSSR count). The van der Waals surface area contributed by atoms with Crippen LogP contribution >= 0.6 is 11.3 Å². The molecule has 16 heteroatoms. The highest BCUT2D eigenvalue weighted by atomic mass is 32.1. The second-order valence-electron chi connectivity index (χ2n) is 18.3. The summed E-state index contributed by atoms with van der Waals surface area (Å²) in [7, 11) is 0. The lowest BCUT2D eigenvalue weighted by Crippen LogP contribution is -1.97. The number of aryl methyl sites for hydroxylation is 18. The van der Waals surface area contributed by atoms with Gasteiger partial charge in [0.1, 0.15) is 29.0 Å². The molecule has 15 nitrogen and oxygen atoms in total. The van der Waals surface area contributed by atoms with E-state index < -0.39 is 0 Å². The number of carbonyl (C=O) groups excluding carboxylic acids is 1. The Morgan fingerprint density at radius 1 is 0.342 bits per heavy atom. The largest absolute Gasteiger partial charge is 0.466 e. The average Bonchev–Trinajstić information content (AvgIpc) is 3.77. The standard InChI is InChI=1S/C9H12O.C8H12O.C8H12S.2C7H10N2.3C6H9N3/c1-5-6(2)8(4)9(10)7(5)3;2*1-5-6(2)8(4)9-7(5)3;1-5-4-8-6(2)7(3)9-5;1-5-4-8-9-7(3)6(5)2;3*1-4-5(2)8-9-6(3)7-4/h1-4H3;2*1-4H3;2*4H,1-3H3;3*1-3H3. The van der Waals surface area contributed by atoms with Crippen molar-refractivity contribution in [3.63, 3.8) is 0 Å². The van der Waals surface area contributed by atoms with Crippen molar-refractivity contribution in [2.24, 2.45) is 0 Å². The number of hydrogen-bond donors (Lipinski definition) is 0. The lowest BCUT2D eigenvalue weighted by Gasteiger charge is -1.98. The minimum atomic E-state index is 0.218. The Morgan fingerprint density at radius 2 is 0.699 bits per heavy atom. The molecule has 0 bridgehead atoms. The second kappa shape index (κ2) is 30.4. The van der Waals surface area contributed by atoms with E-state index in [1.54, 1.807) is 12.4 Å². The van der Waals surface area contributed by atoms with E-state index in [9.17, 15) is 4.79 Å². The highest BCUT2D eigenvalue weighted by molar-refractivity contribution is 7.12. The molecule has 7 heterocycles. The molecule has 0 N–H and O–H groups in total. The first-order valence-electron chi connectivity index (χ1n) is 24.2. The number of furan rings is 1. The smallest absolute Gasteiger partial charge is 0.184 e. The van der Waals surface area contributed by atoms with Crippen LogP contribution in [0.3, 0.4) is 0 Å². The number of carbonyl (C=O) groups is 1. The lowest BCUT2D eigenvalue weighted by atomic mass is 10.1. The summed E-state index contributed by atoms with van der Waals surface area (Å²) in [5, 5.41) is 30.6. The zero-order valence-electron chi connectivity index (χ0n) is 49.2. The Morgan fingerprint density at radius 3 is 0.904 bits per heavy atom. The number of allylic oxidation sites excluding steroid dienone is 4. The van der Waals surface area contributed by atoms with Crippen molar-refractivity contribution in [1.29, 1.82) is 0 Å². The van der Waals surface area contributed by atoms with E-state index in [4.69, 9.17) is 4.42 Å². The maximum absolute atomic E-state index is 11.2. The van der Waals surface area contributed by atoms with Crippen molar-refractivity contribution in [2.75, 3.05) is 0 Å². The third kappa shape index (κ3) is 21.1. The van der Waals surface area contributed by atoms with Crippen LogP contribution in [0.4, 0.5) is 0 Å². The summed E-state index contributed by atoms with van der Waals surface area (Å²) in [4.78, 5) is 34.8. The molecule has 73 heavy (non-hydrogen) atoms. The van der Waals surface area contributed by atoms with E-state index >= 15 is 0 Å². The third-order valence-corrected chi connectivity index (χ3v) is 13.9. The molecule has 1 aliphatic rings. The van der Waals surface area contributed by atoms with Crippen LogP contribution in [0, 0.1) is 159 Å². The van der Waals surface area contributed by atoms with Crippen LogP contribution in [0.1, 0.15) is 157 Å². The van der Waals surface area contributed by atoms with Crippen molar-refractivity contribution in [2.45, 2.75) is 187 Å². The first-order chi connectivity index (χ1) is 33.8.